The summed E-state index contributed by atoms with van der Waals surface area (Å²) in [6, 6.07) is 4.05. The minimum absolute atomic E-state index is 0.810. The number of ether oxygens (including phenoxy) is 1. The summed E-state index contributed by atoms with van der Waals surface area (Å²) in [5, 5.41) is 3.35. The highest BCUT2D eigenvalue weighted by molar-refractivity contribution is 5.08. The lowest BCUT2D eigenvalue weighted by Crippen LogP contribution is -2.16. The van der Waals surface area contributed by atoms with Crippen molar-refractivity contribution in [2.45, 2.75) is 19.9 Å². The van der Waals surface area contributed by atoms with Gasteiger partial charge in [-0.25, -0.2) is 0 Å². The van der Waals surface area contributed by atoms with Crippen molar-refractivity contribution in [1.29, 1.82) is 0 Å². The van der Waals surface area contributed by atoms with Crippen LogP contribution < -0.4 is 5.32 Å². The van der Waals surface area contributed by atoms with Crippen LogP contribution in [0.3, 0.4) is 0 Å². The smallest absolute Gasteiger partial charge is 0.0477 e. The third-order valence-electron chi connectivity index (χ3n) is 1.92. The van der Waals surface area contributed by atoms with Gasteiger partial charge in [-0.2, -0.15) is 0 Å². The summed E-state index contributed by atoms with van der Waals surface area (Å²) < 4.78 is 5.24. The molecule has 0 saturated carbocycles. The second-order valence-electron chi connectivity index (χ2n) is 3.08. The molecule has 0 aliphatic rings. The highest BCUT2D eigenvalue weighted by atomic mass is 16.5. The van der Waals surface area contributed by atoms with Crippen LogP contribution in [-0.2, 0) is 11.3 Å². The van der Waals surface area contributed by atoms with Crippen LogP contribution in [0.25, 0.3) is 0 Å². The van der Waals surface area contributed by atoms with E-state index in [0.717, 1.165) is 32.7 Å². The van der Waals surface area contributed by atoms with E-state index >= 15 is 0 Å². The lowest BCUT2D eigenvalue weighted by Gasteiger charge is -2.04. The highest BCUT2D eigenvalue weighted by Gasteiger charge is 1.90. The maximum absolute atomic E-state index is 5.24. The Morgan fingerprint density at radius 1 is 1.36 bits per heavy atom. The Balaban J connectivity index is 1.99. The summed E-state index contributed by atoms with van der Waals surface area (Å²) in [4.78, 5) is 3.97. The van der Waals surface area contributed by atoms with E-state index in [4.69, 9.17) is 4.74 Å². The number of hydrogen-bond donors (Lipinski definition) is 1. The number of aromatic nitrogens is 1. The van der Waals surface area contributed by atoms with E-state index < -0.39 is 0 Å². The van der Waals surface area contributed by atoms with E-state index in [1.165, 1.54) is 5.56 Å². The molecule has 0 bridgehead atoms. The molecule has 0 unspecified atom stereocenters. The Labute approximate surface area is 85.5 Å². The van der Waals surface area contributed by atoms with Gasteiger partial charge >= 0.3 is 0 Å². The minimum atomic E-state index is 0.810. The fourth-order valence-corrected chi connectivity index (χ4v) is 1.18. The minimum Gasteiger partial charge on any atom is -0.382 e. The normalized spacial score (nSPS) is 10.4. The van der Waals surface area contributed by atoms with E-state index in [9.17, 15) is 0 Å². The lowest BCUT2D eigenvalue weighted by atomic mass is 10.3. The van der Waals surface area contributed by atoms with Gasteiger partial charge < -0.3 is 10.1 Å². The number of pyridine rings is 1. The van der Waals surface area contributed by atoms with Crippen LogP contribution in [0.5, 0.6) is 0 Å². The second kappa shape index (κ2) is 7.47. The number of rotatable bonds is 7. The molecule has 1 aromatic heterocycles. The van der Waals surface area contributed by atoms with E-state index in [2.05, 4.69) is 10.3 Å². The van der Waals surface area contributed by atoms with E-state index in [-0.39, 0.29) is 0 Å². The van der Waals surface area contributed by atoms with Crippen LogP contribution >= 0.6 is 0 Å². The standard InChI is InChI=1S/C11H18N2O/c1-2-14-9-3-6-13-10-11-4-7-12-8-5-11/h4-5,7-8,13H,2-3,6,9-10H2,1H3. The molecule has 1 N–H and O–H groups in total. The summed E-state index contributed by atoms with van der Waals surface area (Å²) in [5.41, 5.74) is 1.27. The van der Waals surface area contributed by atoms with Gasteiger partial charge in [0, 0.05) is 32.2 Å². The number of nitrogens with zero attached hydrogens (tertiary/aromatic N) is 1. The third-order valence-corrected chi connectivity index (χ3v) is 1.92. The summed E-state index contributed by atoms with van der Waals surface area (Å²) in [6.45, 7) is 5.59. The fourth-order valence-electron chi connectivity index (χ4n) is 1.18. The van der Waals surface area contributed by atoms with E-state index in [0.29, 0.717) is 0 Å². The summed E-state index contributed by atoms with van der Waals surface area (Å²) >= 11 is 0. The van der Waals surface area contributed by atoms with Crippen LogP contribution in [0, 0.1) is 0 Å². The molecule has 14 heavy (non-hydrogen) atoms. The molecule has 1 aromatic rings. The molecule has 0 aliphatic heterocycles. The number of hydrogen-bond acceptors (Lipinski definition) is 3. The lowest BCUT2D eigenvalue weighted by molar-refractivity contribution is 0.144. The Morgan fingerprint density at radius 2 is 2.14 bits per heavy atom. The zero-order valence-corrected chi connectivity index (χ0v) is 8.70. The van der Waals surface area contributed by atoms with Crippen molar-refractivity contribution < 1.29 is 4.74 Å². The maximum atomic E-state index is 5.24. The zero-order valence-electron chi connectivity index (χ0n) is 8.70. The first kappa shape index (κ1) is 11.1. The van der Waals surface area contributed by atoms with Gasteiger partial charge in [-0.1, -0.05) is 0 Å². The van der Waals surface area contributed by atoms with Crippen LogP contribution in [0.2, 0.25) is 0 Å². The molecular formula is C11H18N2O. The van der Waals surface area contributed by atoms with Crippen molar-refractivity contribution in [3.05, 3.63) is 30.1 Å². The predicted octanol–water partition coefficient (Wildman–Crippen LogP) is 1.60. The molecule has 78 valence electrons. The quantitative estimate of drug-likeness (QED) is 0.669. The zero-order chi connectivity index (χ0) is 10.1. The largest absolute Gasteiger partial charge is 0.382 e. The molecule has 3 nitrogen and oxygen atoms in total. The Hall–Kier alpha value is -0.930. The van der Waals surface area contributed by atoms with Gasteiger partial charge in [-0.15, -0.1) is 0 Å². The average molecular weight is 194 g/mol. The van der Waals surface area contributed by atoms with Crippen LogP contribution in [0.1, 0.15) is 18.9 Å². The van der Waals surface area contributed by atoms with Crippen molar-refractivity contribution in [3.8, 4) is 0 Å². The van der Waals surface area contributed by atoms with Crippen molar-refractivity contribution in [1.82, 2.24) is 10.3 Å². The van der Waals surface area contributed by atoms with Crippen molar-refractivity contribution in [3.63, 3.8) is 0 Å². The second-order valence-corrected chi connectivity index (χ2v) is 3.08. The first-order valence-electron chi connectivity index (χ1n) is 5.11. The van der Waals surface area contributed by atoms with E-state index in [1.807, 2.05) is 31.5 Å². The molecule has 0 radical (unpaired) electrons. The van der Waals surface area contributed by atoms with Crippen LogP contribution in [-0.4, -0.2) is 24.7 Å². The molecule has 0 amide bonds. The van der Waals surface area contributed by atoms with E-state index in [1.54, 1.807) is 0 Å². The van der Waals surface area contributed by atoms with Crippen molar-refractivity contribution in [2.24, 2.45) is 0 Å². The summed E-state index contributed by atoms with van der Waals surface area (Å²) in [5.74, 6) is 0. The fraction of sp³-hybridized carbons (Fsp3) is 0.545. The SMILES string of the molecule is CCOCCCNCc1ccncc1. The highest BCUT2D eigenvalue weighted by Crippen LogP contribution is 1.94. The Bertz CT molecular complexity index is 226. The average Bonchev–Trinajstić information content (AvgIpc) is 2.25. The Kier molecular flexibility index (Phi) is 5.95. The molecular weight excluding hydrogens is 176 g/mol. The monoisotopic (exact) mass is 194 g/mol. The van der Waals surface area contributed by atoms with Crippen molar-refractivity contribution >= 4 is 0 Å². The molecule has 0 aliphatic carbocycles. The third kappa shape index (κ3) is 4.94. The predicted molar refractivity (Wildman–Crippen MR) is 57.1 cm³/mol. The first-order chi connectivity index (χ1) is 6.93. The van der Waals surface area contributed by atoms with Crippen molar-refractivity contribution in [2.75, 3.05) is 19.8 Å². The molecule has 1 heterocycles. The van der Waals surface area contributed by atoms with Gasteiger partial charge in [-0.3, -0.25) is 4.98 Å². The summed E-state index contributed by atoms with van der Waals surface area (Å²) in [6.07, 6.45) is 4.70. The first-order valence-corrected chi connectivity index (χ1v) is 5.11. The molecule has 0 saturated heterocycles. The molecule has 1 rings (SSSR count). The van der Waals surface area contributed by atoms with Crippen LogP contribution in [0.15, 0.2) is 24.5 Å². The Morgan fingerprint density at radius 3 is 2.86 bits per heavy atom. The van der Waals surface area contributed by atoms with Gasteiger partial charge in [-0.05, 0) is 37.6 Å². The van der Waals surface area contributed by atoms with Gasteiger partial charge in [0.25, 0.3) is 0 Å². The van der Waals surface area contributed by atoms with Gasteiger partial charge in [0.2, 0.25) is 0 Å². The van der Waals surface area contributed by atoms with Gasteiger partial charge in [0.05, 0.1) is 0 Å². The van der Waals surface area contributed by atoms with Crippen LogP contribution in [0.4, 0.5) is 0 Å². The maximum Gasteiger partial charge on any atom is 0.0477 e. The summed E-state index contributed by atoms with van der Waals surface area (Å²) in [7, 11) is 0. The molecule has 0 aromatic carbocycles. The van der Waals surface area contributed by atoms with Gasteiger partial charge in [0.1, 0.15) is 0 Å². The molecule has 0 spiro atoms. The van der Waals surface area contributed by atoms with Gasteiger partial charge in [0.15, 0.2) is 0 Å². The molecule has 0 atom stereocenters. The molecule has 0 fully saturated rings. The number of nitrogens with one attached hydrogen (secondary N) is 1. The molecule has 3 heteroatoms. The topological polar surface area (TPSA) is 34.1 Å².